The molecule has 5 heteroatoms. The van der Waals surface area contributed by atoms with Crippen LogP contribution in [-0.2, 0) is 14.3 Å². The summed E-state index contributed by atoms with van der Waals surface area (Å²) in [4.78, 5) is 15.4. The monoisotopic (exact) mass is 197 g/mol. The number of aliphatic hydroxyl groups is 1. The van der Waals surface area contributed by atoms with E-state index in [-0.39, 0.29) is 25.4 Å². The second kappa shape index (κ2) is 3.79. The number of carbonyl (C=O) groups is 1. The Hall–Kier alpha value is -1.36. The Morgan fingerprint density at radius 3 is 3.36 bits per heavy atom. The van der Waals surface area contributed by atoms with Crippen molar-refractivity contribution < 1.29 is 19.4 Å². The minimum Gasteiger partial charge on any atom is -0.495 e. The fraction of sp³-hybridized carbons (Fsp3) is 0.556. The second-order valence-corrected chi connectivity index (χ2v) is 3.13. The lowest BCUT2D eigenvalue weighted by Crippen LogP contribution is -2.20. The first kappa shape index (κ1) is 9.21. The number of aliphatic imine (C=N–C) groups is 1. The molecule has 2 rings (SSSR count). The second-order valence-electron chi connectivity index (χ2n) is 3.13. The summed E-state index contributed by atoms with van der Waals surface area (Å²) in [6.45, 7) is -0.147. The molecule has 76 valence electrons. The number of aliphatic hydroxyl groups excluding tert-OH is 1. The first-order valence-electron chi connectivity index (χ1n) is 4.48. The Kier molecular flexibility index (Phi) is 2.49. The van der Waals surface area contributed by atoms with Crippen molar-refractivity contribution in [3.05, 3.63) is 12.3 Å². The lowest BCUT2D eigenvalue weighted by Gasteiger charge is -2.06. The SMILES string of the molecule is O=C(OCCO)C1=NC2C=COC2C1. The third kappa shape index (κ3) is 1.63. The summed E-state index contributed by atoms with van der Waals surface area (Å²) in [5, 5.41) is 8.47. The average molecular weight is 197 g/mol. The van der Waals surface area contributed by atoms with E-state index in [1.165, 1.54) is 0 Å². The zero-order valence-electron chi connectivity index (χ0n) is 7.55. The zero-order valence-corrected chi connectivity index (χ0v) is 7.55. The molecule has 1 N–H and O–H groups in total. The summed E-state index contributed by atoms with van der Waals surface area (Å²) in [5.41, 5.74) is 0.401. The van der Waals surface area contributed by atoms with Crippen LogP contribution in [0.4, 0.5) is 0 Å². The van der Waals surface area contributed by atoms with E-state index in [0.29, 0.717) is 12.1 Å². The maximum atomic E-state index is 11.3. The van der Waals surface area contributed by atoms with Gasteiger partial charge < -0.3 is 14.6 Å². The van der Waals surface area contributed by atoms with Crippen LogP contribution in [0, 0.1) is 0 Å². The third-order valence-electron chi connectivity index (χ3n) is 2.17. The van der Waals surface area contributed by atoms with Crippen LogP contribution >= 0.6 is 0 Å². The predicted molar refractivity (Wildman–Crippen MR) is 47.9 cm³/mol. The molecular formula is C9H11NO4. The van der Waals surface area contributed by atoms with Gasteiger partial charge in [-0.05, 0) is 6.08 Å². The van der Waals surface area contributed by atoms with E-state index < -0.39 is 5.97 Å². The van der Waals surface area contributed by atoms with Gasteiger partial charge in [0.2, 0.25) is 0 Å². The molecule has 0 aromatic carbocycles. The molecule has 2 unspecified atom stereocenters. The molecule has 0 aromatic rings. The molecule has 2 atom stereocenters. The number of nitrogens with zero attached hydrogens (tertiary/aromatic N) is 1. The molecule has 0 bridgehead atoms. The molecule has 0 saturated carbocycles. The molecule has 5 nitrogen and oxygen atoms in total. The van der Waals surface area contributed by atoms with Crippen molar-refractivity contribution in [2.75, 3.05) is 13.2 Å². The highest BCUT2D eigenvalue weighted by Gasteiger charge is 2.35. The van der Waals surface area contributed by atoms with E-state index in [1.54, 1.807) is 6.26 Å². The molecule has 0 aromatic heterocycles. The molecule has 14 heavy (non-hydrogen) atoms. The van der Waals surface area contributed by atoms with Gasteiger partial charge in [-0.2, -0.15) is 0 Å². The Bertz CT molecular complexity index is 297. The first-order valence-corrected chi connectivity index (χ1v) is 4.48. The quantitative estimate of drug-likeness (QED) is 0.628. The number of carbonyl (C=O) groups excluding carboxylic acids is 1. The third-order valence-corrected chi connectivity index (χ3v) is 2.17. The topological polar surface area (TPSA) is 68.1 Å². The van der Waals surface area contributed by atoms with Crippen molar-refractivity contribution in [3.63, 3.8) is 0 Å². The minimum absolute atomic E-state index is 0.0177. The summed E-state index contributed by atoms with van der Waals surface area (Å²) in [7, 11) is 0. The number of rotatable bonds is 3. The normalized spacial score (nSPS) is 28.2. The summed E-state index contributed by atoms with van der Waals surface area (Å²) < 4.78 is 9.95. The van der Waals surface area contributed by atoms with Gasteiger partial charge in [0.15, 0.2) is 0 Å². The van der Waals surface area contributed by atoms with E-state index in [4.69, 9.17) is 14.6 Å². The van der Waals surface area contributed by atoms with Crippen LogP contribution in [-0.4, -0.2) is 42.1 Å². The fourth-order valence-electron chi connectivity index (χ4n) is 1.51. The molecule has 0 amide bonds. The highest BCUT2D eigenvalue weighted by atomic mass is 16.5. The number of esters is 1. The summed E-state index contributed by atoms with van der Waals surface area (Å²) in [6.07, 6.45) is 3.87. The fourth-order valence-corrected chi connectivity index (χ4v) is 1.51. The van der Waals surface area contributed by atoms with Crippen molar-refractivity contribution in [3.8, 4) is 0 Å². The average Bonchev–Trinajstić information content (AvgIpc) is 2.72. The van der Waals surface area contributed by atoms with E-state index in [9.17, 15) is 4.79 Å². The van der Waals surface area contributed by atoms with Crippen molar-refractivity contribution in [2.24, 2.45) is 4.99 Å². The Morgan fingerprint density at radius 2 is 2.64 bits per heavy atom. The number of ether oxygens (including phenoxy) is 2. The van der Waals surface area contributed by atoms with Crippen LogP contribution in [0.3, 0.4) is 0 Å². The maximum absolute atomic E-state index is 11.3. The van der Waals surface area contributed by atoms with Crippen LogP contribution in [0.25, 0.3) is 0 Å². The van der Waals surface area contributed by atoms with E-state index in [0.717, 1.165) is 0 Å². The number of hydrogen-bond acceptors (Lipinski definition) is 5. The van der Waals surface area contributed by atoms with Crippen LogP contribution in [0.1, 0.15) is 6.42 Å². The van der Waals surface area contributed by atoms with Gasteiger partial charge in [-0.1, -0.05) is 0 Å². The highest BCUT2D eigenvalue weighted by Crippen LogP contribution is 2.24. The molecule has 2 heterocycles. The Labute approximate surface area is 81.0 Å². The lowest BCUT2D eigenvalue weighted by molar-refractivity contribution is -0.136. The maximum Gasteiger partial charge on any atom is 0.352 e. The molecule has 0 radical (unpaired) electrons. The molecule has 2 aliphatic rings. The minimum atomic E-state index is -0.453. The smallest absolute Gasteiger partial charge is 0.352 e. The van der Waals surface area contributed by atoms with Gasteiger partial charge in [-0.15, -0.1) is 0 Å². The number of hydrogen-bond donors (Lipinski definition) is 1. The van der Waals surface area contributed by atoms with E-state index >= 15 is 0 Å². The van der Waals surface area contributed by atoms with Gasteiger partial charge in [0.1, 0.15) is 24.5 Å². The molecule has 0 aliphatic carbocycles. The van der Waals surface area contributed by atoms with Crippen molar-refractivity contribution in [2.45, 2.75) is 18.6 Å². The van der Waals surface area contributed by atoms with Gasteiger partial charge in [0, 0.05) is 6.42 Å². The van der Waals surface area contributed by atoms with Gasteiger partial charge in [0.05, 0.1) is 12.9 Å². The summed E-state index contributed by atoms with van der Waals surface area (Å²) in [5.74, 6) is -0.453. The zero-order chi connectivity index (χ0) is 9.97. The van der Waals surface area contributed by atoms with Crippen LogP contribution in [0.15, 0.2) is 17.3 Å². The standard InChI is InChI=1S/C9H11NO4/c11-2-4-14-9(12)7-5-8-6(10-7)1-3-13-8/h1,3,6,8,11H,2,4-5H2. The van der Waals surface area contributed by atoms with Gasteiger partial charge >= 0.3 is 5.97 Å². The molecular weight excluding hydrogens is 186 g/mol. The lowest BCUT2D eigenvalue weighted by atomic mass is 10.1. The first-order chi connectivity index (χ1) is 6.81. The summed E-state index contributed by atoms with van der Waals surface area (Å²) >= 11 is 0. The van der Waals surface area contributed by atoms with Gasteiger partial charge in [-0.25, -0.2) is 4.79 Å². The molecule has 0 saturated heterocycles. The van der Waals surface area contributed by atoms with E-state index in [1.807, 2.05) is 6.08 Å². The van der Waals surface area contributed by atoms with Gasteiger partial charge in [0.25, 0.3) is 0 Å². The Morgan fingerprint density at radius 1 is 1.79 bits per heavy atom. The van der Waals surface area contributed by atoms with Crippen molar-refractivity contribution in [1.82, 2.24) is 0 Å². The predicted octanol–water partition coefficient (Wildman–Crippen LogP) is -0.352. The Balaban J connectivity index is 1.93. The van der Waals surface area contributed by atoms with Crippen LogP contribution < -0.4 is 0 Å². The number of fused-ring (bicyclic) bond motifs is 1. The van der Waals surface area contributed by atoms with Crippen LogP contribution in [0.5, 0.6) is 0 Å². The molecule has 2 aliphatic heterocycles. The largest absolute Gasteiger partial charge is 0.495 e. The van der Waals surface area contributed by atoms with Crippen molar-refractivity contribution >= 4 is 11.7 Å². The van der Waals surface area contributed by atoms with Crippen molar-refractivity contribution in [1.29, 1.82) is 0 Å². The molecule has 0 fully saturated rings. The summed E-state index contributed by atoms with van der Waals surface area (Å²) in [6, 6.07) is -0.0355. The highest BCUT2D eigenvalue weighted by molar-refractivity contribution is 6.37. The molecule has 0 spiro atoms. The van der Waals surface area contributed by atoms with E-state index in [2.05, 4.69) is 4.99 Å². The van der Waals surface area contributed by atoms with Gasteiger partial charge in [-0.3, -0.25) is 4.99 Å². The van der Waals surface area contributed by atoms with Crippen LogP contribution in [0.2, 0.25) is 0 Å².